The maximum atomic E-state index is 5.17. The molecule has 11 heavy (non-hydrogen) atoms. The Labute approximate surface area is 68.5 Å². The highest BCUT2D eigenvalue weighted by molar-refractivity contribution is 4.66. The van der Waals surface area contributed by atoms with E-state index in [1.165, 1.54) is 19.3 Å². The molecule has 1 saturated heterocycles. The minimum atomic E-state index is 0.148. The molecule has 1 fully saturated rings. The first kappa shape index (κ1) is 8.97. The molecule has 1 aliphatic heterocycles. The SMILES string of the molecule is CCC(ON)N1CCCCC1. The fraction of sp³-hybridized carbons (Fsp3) is 1.00. The van der Waals surface area contributed by atoms with E-state index >= 15 is 0 Å². The van der Waals surface area contributed by atoms with Crippen LogP contribution in [0.5, 0.6) is 0 Å². The van der Waals surface area contributed by atoms with Crippen molar-refractivity contribution >= 4 is 0 Å². The van der Waals surface area contributed by atoms with Gasteiger partial charge in [-0.2, -0.15) is 0 Å². The molecule has 0 radical (unpaired) electrons. The summed E-state index contributed by atoms with van der Waals surface area (Å²) in [7, 11) is 0. The van der Waals surface area contributed by atoms with Crippen molar-refractivity contribution in [3.05, 3.63) is 0 Å². The molecule has 1 rings (SSSR count). The van der Waals surface area contributed by atoms with Crippen LogP contribution in [0.3, 0.4) is 0 Å². The van der Waals surface area contributed by atoms with Crippen molar-refractivity contribution in [2.75, 3.05) is 13.1 Å². The zero-order valence-electron chi connectivity index (χ0n) is 7.25. The van der Waals surface area contributed by atoms with Crippen LogP contribution in [-0.4, -0.2) is 24.2 Å². The molecule has 0 aliphatic carbocycles. The van der Waals surface area contributed by atoms with Gasteiger partial charge in [-0.25, -0.2) is 5.90 Å². The largest absolute Gasteiger partial charge is 0.286 e. The zero-order chi connectivity index (χ0) is 8.10. The van der Waals surface area contributed by atoms with Crippen LogP contribution in [0.2, 0.25) is 0 Å². The van der Waals surface area contributed by atoms with Gasteiger partial charge < -0.3 is 0 Å². The first-order valence-electron chi connectivity index (χ1n) is 4.48. The molecule has 0 aromatic carbocycles. The predicted octanol–water partition coefficient (Wildman–Crippen LogP) is 1.10. The van der Waals surface area contributed by atoms with Crippen LogP contribution in [-0.2, 0) is 4.84 Å². The van der Waals surface area contributed by atoms with E-state index in [0.29, 0.717) is 0 Å². The molecule has 1 unspecified atom stereocenters. The van der Waals surface area contributed by atoms with E-state index in [-0.39, 0.29) is 6.23 Å². The second-order valence-corrected chi connectivity index (χ2v) is 3.10. The third-order valence-corrected chi connectivity index (χ3v) is 2.30. The second kappa shape index (κ2) is 4.70. The second-order valence-electron chi connectivity index (χ2n) is 3.10. The van der Waals surface area contributed by atoms with Crippen molar-refractivity contribution in [2.45, 2.75) is 38.8 Å². The van der Waals surface area contributed by atoms with E-state index in [4.69, 9.17) is 10.7 Å². The number of hydrogen-bond donors (Lipinski definition) is 1. The Balaban J connectivity index is 2.30. The molecular weight excluding hydrogens is 140 g/mol. The summed E-state index contributed by atoms with van der Waals surface area (Å²) >= 11 is 0. The molecule has 1 heterocycles. The number of rotatable bonds is 3. The summed E-state index contributed by atoms with van der Waals surface area (Å²) in [4.78, 5) is 7.19. The van der Waals surface area contributed by atoms with E-state index in [1.807, 2.05) is 0 Å². The number of hydrogen-bond acceptors (Lipinski definition) is 3. The third-order valence-electron chi connectivity index (χ3n) is 2.30. The molecule has 2 N–H and O–H groups in total. The summed E-state index contributed by atoms with van der Waals surface area (Å²) < 4.78 is 0. The molecule has 66 valence electrons. The number of likely N-dealkylation sites (tertiary alicyclic amines) is 1. The lowest BCUT2D eigenvalue weighted by atomic mass is 10.1. The van der Waals surface area contributed by atoms with E-state index in [1.54, 1.807) is 0 Å². The first-order valence-corrected chi connectivity index (χ1v) is 4.48. The molecule has 0 saturated carbocycles. The summed E-state index contributed by atoms with van der Waals surface area (Å²) in [5, 5.41) is 0. The summed E-state index contributed by atoms with van der Waals surface area (Å²) in [5.74, 6) is 5.17. The minimum absolute atomic E-state index is 0.148. The molecule has 1 aliphatic rings. The molecule has 0 bridgehead atoms. The maximum absolute atomic E-state index is 5.17. The van der Waals surface area contributed by atoms with Gasteiger partial charge >= 0.3 is 0 Å². The summed E-state index contributed by atoms with van der Waals surface area (Å²) in [5.41, 5.74) is 0. The van der Waals surface area contributed by atoms with Gasteiger partial charge in [-0.05, 0) is 19.3 Å². The van der Waals surface area contributed by atoms with Crippen molar-refractivity contribution in [3.8, 4) is 0 Å². The highest BCUT2D eigenvalue weighted by Gasteiger charge is 2.18. The van der Waals surface area contributed by atoms with Gasteiger partial charge in [0.1, 0.15) is 6.23 Å². The minimum Gasteiger partial charge on any atom is -0.286 e. The predicted molar refractivity (Wildman–Crippen MR) is 44.8 cm³/mol. The fourth-order valence-electron chi connectivity index (χ4n) is 1.65. The van der Waals surface area contributed by atoms with Gasteiger partial charge in [0.2, 0.25) is 0 Å². The summed E-state index contributed by atoms with van der Waals surface area (Å²) in [6.45, 7) is 4.40. The highest BCUT2D eigenvalue weighted by atomic mass is 16.6. The van der Waals surface area contributed by atoms with E-state index in [0.717, 1.165) is 19.5 Å². The van der Waals surface area contributed by atoms with Crippen molar-refractivity contribution in [2.24, 2.45) is 5.90 Å². The quantitative estimate of drug-likeness (QED) is 0.625. The number of nitrogens with two attached hydrogens (primary N) is 1. The molecule has 1 atom stereocenters. The normalized spacial score (nSPS) is 23.5. The Bertz CT molecular complexity index is 98.3. The Hall–Kier alpha value is -0.120. The number of piperidine rings is 1. The van der Waals surface area contributed by atoms with Crippen molar-refractivity contribution < 1.29 is 4.84 Å². The third kappa shape index (κ3) is 2.43. The molecule has 0 amide bonds. The first-order chi connectivity index (χ1) is 5.38. The standard InChI is InChI=1S/C8H18N2O/c1-2-8(11-9)10-6-4-3-5-7-10/h8H,2-7,9H2,1H3. The van der Waals surface area contributed by atoms with Crippen molar-refractivity contribution in [3.63, 3.8) is 0 Å². The van der Waals surface area contributed by atoms with Crippen LogP contribution in [0.1, 0.15) is 32.6 Å². The molecule has 3 nitrogen and oxygen atoms in total. The van der Waals surface area contributed by atoms with Crippen LogP contribution in [0, 0.1) is 0 Å². The van der Waals surface area contributed by atoms with Gasteiger partial charge in [-0.15, -0.1) is 0 Å². The van der Waals surface area contributed by atoms with Crippen LogP contribution < -0.4 is 5.90 Å². The smallest absolute Gasteiger partial charge is 0.131 e. The van der Waals surface area contributed by atoms with Gasteiger partial charge in [0.15, 0.2) is 0 Å². The zero-order valence-corrected chi connectivity index (χ0v) is 7.25. The van der Waals surface area contributed by atoms with Gasteiger partial charge in [0.05, 0.1) is 0 Å². The Kier molecular flexibility index (Phi) is 3.83. The van der Waals surface area contributed by atoms with Crippen LogP contribution in [0.25, 0.3) is 0 Å². The fourth-order valence-corrected chi connectivity index (χ4v) is 1.65. The van der Waals surface area contributed by atoms with Crippen LogP contribution >= 0.6 is 0 Å². The molecule has 0 aromatic heterocycles. The molecular formula is C8H18N2O. The highest BCUT2D eigenvalue weighted by Crippen LogP contribution is 2.13. The summed E-state index contributed by atoms with van der Waals surface area (Å²) in [6.07, 6.45) is 5.07. The Morgan fingerprint density at radius 2 is 2.00 bits per heavy atom. The van der Waals surface area contributed by atoms with Crippen LogP contribution in [0.4, 0.5) is 0 Å². The Morgan fingerprint density at radius 1 is 1.36 bits per heavy atom. The van der Waals surface area contributed by atoms with Gasteiger partial charge in [0, 0.05) is 13.1 Å². The molecule has 0 spiro atoms. The Morgan fingerprint density at radius 3 is 2.45 bits per heavy atom. The van der Waals surface area contributed by atoms with E-state index < -0.39 is 0 Å². The van der Waals surface area contributed by atoms with Gasteiger partial charge in [-0.3, -0.25) is 9.74 Å². The van der Waals surface area contributed by atoms with Crippen molar-refractivity contribution in [1.29, 1.82) is 0 Å². The lowest BCUT2D eigenvalue weighted by Gasteiger charge is -2.32. The monoisotopic (exact) mass is 158 g/mol. The van der Waals surface area contributed by atoms with Gasteiger partial charge in [-0.1, -0.05) is 13.3 Å². The molecule has 0 aromatic rings. The maximum Gasteiger partial charge on any atom is 0.131 e. The average Bonchev–Trinajstić information content (AvgIpc) is 2.09. The van der Waals surface area contributed by atoms with E-state index in [9.17, 15) is 0 Å². The lowest BCUT2D eigenvalue weighted by molar-refractivity contribution is -0.0706. The van der Waals surface area contributed by atoms with Gasteiger partial charge in [0.25, 0.3) is 0 Å². The van der Waals surface area contributed by atoms with E-state index in [2.05, 4.69) is 11.8 Å². The average molecular weight is 158 g/mol. The van der Waals surface area contributed by atoms with Crippen molar-refractivity contribution in [1.82, 2.24) is 4.90 Å². The number of nitrogens with zero attached hydrogens (tertiary/aromatic N) is 1. The molecule has 3 heteroatoms. The topological polar surface area (TPSA) is 38.5 Å². The lowest BCUT2D eigenvalue weighted by Crippen LogP contribution is -2.41. The summed E-state index contributed by atoms with van der Waals surface area (Å²) in [6, 6.07) is 0. The van der Waals surface area contributed by atoms with Crippen LogP contribution in [0.15, 0.2) is 0 Å².